The lowest BCUT2D eigenvalue weighted by molar-refractivity contribution is -0.119. The zero-order valence-corrected chi connectivity index (χ0v) is 15.5. The fourth-order valence-electron chi connectivity index (χ4n) is 3.29. The van der Waals surface area contributed by atoms with Crippen molar-refractivity contribution in [3.05, 3.63) is 72.6 Å². The molecule has 2 N–H and O–H groups in total. The van der Waals surface area contributed by atoms with Gasteiger partial charge in [-0.2, -0.15) is 0 Å². The van der Waals surface area contributed by atoms with E-state index in [9.17, 15) is 14.4 Å². The van der Waals surface area contributed by atoms with E-state index < -0.39 is 6.04 Å². The third-order valence-corrected chi connectivity index (χ3v) is 4.70. The van der Waals surface area contributed by atoms with Crippen molar-refractivity contribution in [2.45, 2.75) is 18.9 Å². The number of hydrogen-bond acceptors (Lipinski definition) is 5. The summed E-state index contributed by atoms with van der Waals surface area (Å²) < 4.78 is 10.2. The number of nitrogens with zero attached hydrogens (tertiary/aromatic N) is 1. The van der Waals surface area contributed by atoms with Gasteiger partial charge in [0.25, 0.3) is 11.8 Å². The van der Waals surface area contributed by atoms with Crippen molar-refractivity contribution in [1.82, 2.24) is 4.90 Å². The normalized spacial score (nSPS) is 15.9. The second-order valence-electron chi connectivity index (χ2n) is 6.63. The summed E-state index contributed by atoms with van der Waals surface area (Å²) in [5, 5.41) is 5.54. The van der Waals surface area contributed by atoms with Crippen LogP contribution < -0.4 is 10.6 Å². The van der Waals surface area contributed by atoms with E-state index in [4.69, 9.17) is 8.83 Å². The predicted molar refractivity (Wildman–Crippen MR) is 104 cm³/mol. The maximum Gasteiger partial charge on any atom is 0.291 e. The first-order chi connectivity index (χ1) is 14.1. The van der Waals surface area contributed by atoms with Crippen molar-refractivity contribution in [2.75, 3.05) is 17.2 Å². The Morgan fingerprint density at radius 2 is 1.48 bits per heavy atom. The number of amides is 3. The summed E-state index contributed by atoms with van der Waals surface area (Å²) in [5.41, 5.74) is 1.14. The molecule has 1 unspecified atom stereocenters. The van der Waals surface area contributed by atoms with Crippen molar-refractivity contribution in [3.63, 3.8) is 0 Å². The summed E-state index contributed by atoms with van der Waals surface area (Å²) >= 11 is 0. The third kappa shape index (κ3) is 4.06. The van der Waals surface area contributed by atoms with Gasteiger partial charge in [-0.25, -0.2) is 0 Å². The lowest BCUT2D eigenvalue weighted by Gasteiger charge is -2.23. The first-order valence-corrected chi connectivity index (χ1v) is 9.22. The van der Waals surface area contributed by atoms with E-state index >= 15 is 0 Å². The van der Waals surface area contributed by atoms with E-state index in [2.05, 4.69) is 10.6 Å². The molecule has 0 bridgehead atoms. The van der Waals surface area contributed by atoms with Crippen LogP contribution in [0.15, 0.2) is 69.9 Å². The van der Waals surface area contributed by atoms with Crippen LogP contribution in [0.4, 0.5) is 11.4 Å². The summed E-state index contributed by atoms with van der Waals surface area (Å²) in [4.78, 5) is 38.7. The number of hydrogen-bond donors (Lipinski definition) is 2. The van der Waals surface area contributed by atoms with Gasteiger partial charge in [0.1, 0.15) is 6.04 Å². The summed E-state index contributed by atoms with van der Waals surface area (Å²) in [6, 6.07) is 12.6. The Labute approximate surface area is 166 Å². The highest BCUT2D eigenvalue weighted by Crippen LogP contribution is 2.22. The smallest absolute Gasteiger partial charge is 0.291 e. The highest BCUT2D eigenvalue weighted by atomic mass is 16.3. The number of nitrogens with one attached hydrogen (secondary N) is 2. The second kappa shape index (κ2) is 8.05. The summed E-state index contributed by atoms with van der Waals surface area (Å²) in [7, 11) is 0. The molecule has 2 aromatic heterocycles. The molecule has 1 atom stereocenters. The molecule has 3 heterocycles. The fraction of sp³-hybridized carbons (Fsp3) is 0.190. The quantitative estimate of drug-likeness (QED) is 0.692. The zero-order chi connectivity index (χ0) is 20.2. The van der Waals surface area contributed by atoms with Crippen molar-refractivity contribution in [1.29, 1.82) is 0 Å². The Balaban J connectivity index is 1.38. The van der Waals surface area contributed by atoms with Gasteiger partial charge in [0.2, 0.25) is 5.91 Å². The summed E-state index contributed by atoms with van der Waals surface area (Å²) in [6.07, 6.45) is 4.21. The maximum atomic E-state index is 12.7. The van der Waals surface area contributed by atoms with Gasteiger partial charge in [-0.15, -0.1) is 0 Å². The Morgan fingerprint density at radius 3 is 2.10 bits per heavy atom. The SMILES string of the molecule is O=C(Nc1ccc(NC(=O)C2CCCN2C(=O)c2ccco2)cc1)c1ccco1. The minimum absolute atomic E-state index is 0.213. The van der Waals surface area contributed by atoms with Crippen molar-refractivity contribution in [2.24, 2.45) is 0 Å². The summed E-state index contributed by atoms with van der Waals surface area (Å²) in [5.74, 6) is -0.463. The van der Waals surface area contributed by atoms with Crippen LogP contribution in [0.5, 0.6) is 0 Å². The first kappa shape index (κ1) is 18.5. The summed E-state index contributed by atoms with van der Waals surface area (Å²) in [6.45, 7) is 0.509. The molecule has 3 aromatic rings. The van der Waals surface area contributed by atoms with E-state index in [0.29, 0.717) is 24.3 Å². The number of likely N-dealkylation sites (tertiary alicyclic amines) is 1. The molecular weight excluding hydrogens is 374 g/mol. The van der Waals surface area contributed by atoms with Crippen LogP contribution >= 0.6 is 0 Å². The standard InChI is InChI=1S/C21H19N3O5/c25-19(16-4-1-11-24(16)21(27)18-6-3-13-29-18)22-14-7-9-15(10-8-14)23-20(26)17-5-2-12-28-17/h2-3,5-10,12-13,16H,1,4,11H2,(H,22,25)(H,23,26). The van der Waals surface area contributed by atoms with Gasteiger partial charge < -0.3 is 24.4 Å². The highest BCUT2D eigenvalue weighted by Gasteiger charge is 2.35. The molecule has 4 rings (SSSR count). The number of rotatable bonds is 5. The van der Waals surface area contributed by atoms with E-state index in [1.54, 1.807) is 48.5 Å². The average molecular weight is 393 g/mol. The topological polar surface area (TPSA) is 105 Å². The number of carbonyl (C=O) groups is 3. The number of carbonyl (C=O) groups excluding carboxylic acids is 3. The number of benzene rings is 1. The Bertz CT molecular complexity index is 994. The molecule has 1 aliphatic heterocycles. The predicted octanol–water partition coefficient (Wildman–Crippen LogP) is 3.37. The molecule has 8 heteroatoms. The van der Waals surface area contributed by atoms with Crippen LogP contribution in [0.1, 0.15) is 34.0 Å². The highest BCUT2D eigenvalue weighted by molar-refractivity contribution is 6.03. The van der Waals surface area contributed by atoms with Gasteiger partial charge in [-0.05, 0) is 61.4 Å². The van der Waals surface area contributed by atoms with Crippen LogP contribution in [-0.4, -0.2) is 35.2 Å². The van der Waals surface area contributed by atoms with Gasteiger partial charge in [-0.1, -0.05) is 0 Å². The molecule has 1 aliphatic rings. The van der Waals surface area contributed by atoms with Crippen molar-refractivity contribution >= 4 is 29.1 Å². The molecule has 1 aromatic carbocycles. The second-order valence-corrected chi connectivity index (χ2v) is 6.63. The minimum atomic E-state index is -0.550. The largest absolute Gasteiger partial charge is 0.459 e. The number of anilines is 2. The van der Waals surface area contributed by atoms with Gasteiger partial charge >= 0.3 is 0 Å². The third-order valence-electron chi connectivity index (χ3n) is 4.70. The lowest BCUT2D eigenvalue weighted by Crippen LogP contribution is -2.43. The minimum Gasteiger partial charge on any atom is -0.459 e. The van der Waals surface area contributed by atoms with Crippen molar-refractivity contribution < 1.29 is 23.2 Å². The van der Waals surface area contributed by atoms with E-state index in [0.717, 1.165) is 6.42 Å². The molecule has 8 nitrogen and oxygen atoms in total. The van der Waals surface area contributed by atoms with Crippen LogP contribution in [0.2, 0.25) is 0 Å². The van der Waals surface area contributed by atoms with E-state index in [-0.39, 0.29) is 29.2 Å². The molecule has 1 saturated heterocycles. The molecule has 0 aliphatic carbocycles. The van der Waals surface area contributed by atoms with Crippen LogP contribution in [0.3, 0.4) is 0 Å². The first-order valence-electron chi connectivity index (χ1n) is 9.22. The number of furan rings is 2. The molecule has 0 radical (unpaired) electrons. The van der Waals surface area contributed by atoms with Crippen molar-refractivity contribution in [3.8, 4) is 0 Å². The molecule has 0 saturated carbocycles. The molecule has 0 spiro atoms. The average Bonchev–Trinajstić information content (AvgIpc) is 3.51. The monoisotopic (exact) mass is 393 g/mol. The van der Waals surface area contributed by atoms with Crippen LogP contribution in [0.25, 0.3) is 0 Å². The lowest BCUT2D eigenvalue weighted by atomic mass is 10.2. The van der Waals surface area contributed by atoms with Crippen LogP contribution in [-0.2, 0) is 4.79 Å². The Kier molecular flexibility index (Phi) is 5.15. The van der Waals surface area contributed by atoms with Gasteiger partial charge in [0, 0.05) is 17.9 Å². The van der Waals surface area contributed by atoms with Crippen LogP contribution in [0, 0.1) is 0 Å². The Hall–Kier alpha value is -3.81. The van der Waals surface area contributed by atoms with E-state index in [1.165, 1.54) is 17.4 Å². The zero-order valence-electron chi connectivity index (χ0n) is 15.5. The molecule has 3 amide bonds. The molecule has 1 fully saturated rings. The Morgan fingerprint density at radius 1 is 0.862 bits per heavy atom. The van der Waals surface area contributed by atoms with Gasteiger partial charge in [-0.3, -0.25) is 14.4 Å². The van der Waals surface area contributed by atoms with Gasteiger partial charge in [0.15, 0.2) is 11.5 Å². The molecular formula is C21H19N3O5. The van der Waals surface area contributed by atoms with Gasteiger partial charge in [0.05, 0.1) is 12.5 Å². The van der Waals surface area contributed by atoms with E-state index in [1.807, 2.05) is 0 Å². The fourth-order valence-corrected chi connectivity index (χ4v) is 3.29. The molecule has 29 heavy (non-hydrogen) atoms. The maximum absolute atomic E-state index is 12.7. The molecule has 148 valence electrons.